The van der Waals surface area contributed by atoms with E-state index >= 15 is 0 Å². The van der Waals surface area contributed by atoms with E-state index in [4.69, 9.17) is 14.8 Å². The third-order valence-electron chi connectivity index (χ3n) is 7.78. The average Bonchev–Trinajstić information content (AvgIpc) is 3.48. The number of rotatable bonds is 7. The summed E-state index contributed by atoms with van der Waals surface area (Å²) in [7, 11) is 1.69. The number of anilines is 2. The summed E-state index contributed by atoms with van der Waals surface area (Å²) in [6.45, 7) is 6.29. The van der Waals surface area contributed by atoms with Gasteiger partial charge in [-0.2, -0.15) is 0 Å². The highest BCUT2D eigenvalue weighted by Gasteiger charge is 2.26. The Morgan fingerprint density at radius 1 is 1.21 bits per heavy atom. The lowest BCUT2D eigenvalue weighted by atomic mass is 9.85. The number of aromatic amines is 1. The number of imidazole rings is 1. The first kappa shape index (κ1) is 24.8. The van der Waals surface area contributed by atoms with Crippen molar-refractivity contribution in [3.8, 4) is 11.1 Å². The van der Waals surface area contributed by atoms with Gasteiger partial charge in [0, 0.05) is 49.5 Å². The number of H-pyrrole nitrogens is 1. The number of hydrogen-bond donors (Lipinski definition) is 3. The minimum atomic E-state index is -0.204. The van der Waals surface area contributed by atoms with E-state index in [1.54, 1.807) is 7.11 Å². The van der Waals surface area contributed by atoms with Crippen molar-refractivity contribution >= 4 is 17.3 Å². The molecule has 0 spiro atoms. The summed E-state index contributed by atoms with van der Waals surface area (Å²) in [5.41, 5.74) is 6.67. The van der Waals surface area contributed by atoms with E-state index in [1.807, 2.05) is 30.8 Å². The molecule has 38 heavy (non-hydrogen) atoms. The van der Waals surface area contributed by atoms with Crippen LogP contribution >= 0.6 is 0 Å². The van der Waals surface area contributed by atoms with Crippen LogP contribution in [0.4, 0.5) is 11.8 Å². The number of fused-ring (bicyclic) bond motifs is 2. The molecular weight excluding hydrogens is 480 g/mol. The molecule has 1 atom stereocenters. The average molecular weight is 517 g/mol. The van der Waals surface area contributed by atoms with E-state index in [2.05, 4.69) is 43.4 Å². The van der Waals surface area contributed by atoms with Gasteiger partial charge in [0.1, 0.15) is 11.6 Å². The van der Waals surface area contributed by atoms with Crippen LogP contribution in [0.2, 0.25) is 0 Å². The molecule has 1 fully saturated rings. The van der Waals surface area contributed by atoms with Crippen LogP contribution in [-0.2, 0) is 17.7 Å². The second-order valence-corrected chi connectivity index (χ2v) is 10.7. The number of aliphatic hydroxyl groups excluding tert-OH is 1. The molecule has 5 heterocycles. The van der Waals surface area contributed by atoms with Crippen LogP contribution < -0.4 is 10.2 Å². The smallest absolute Gasteiger partial charge is 0.241 e. The van der Waals surface area contributed by atoms with Gasteiger partial charge in [0.2, 0.25) is 5.95 Å². The molecule has 1 aliphatic carbocycles. The zero-order chi connectivity index (χ0) is 26.2. The molecule has 2 aliphatic rings. The minimum absolute atomic E-state index is 0.0900. The molecule has 200 valence electrons. The fourth-order valence-corrected chi connectivity index (χ4v) is 5.88. The van der Waals surface area contributed by atoms with Gasteiger partial charge in [-0.05, 0) is 63.3 Å². The fourth-order valence-electron chi connectivity index (χ4n) is 5.88. The maximum absolute atomic E-state index is 10.1. The van der Waals surface area contributed by atoms with Crippen molar-refractivity contribution in [2.75, 3.05) is 30.5 Å². The molecule has 10 heteroatoms. The van der Waals surface area contributed by atoms with Crippen LogP contribution in [0.5, 0.6) is 0 Å². The van der Waals surface area contributed by atoms with Crippen LogP contribution in [0, 0.1) is 6.92 Å². The van der Waals surface area contributed by atoms with Gasteiger partial charge in [0.05, 0.1) is 42.4 Å². The van der Waals surface area contributed by atoms with E-state index in [0.717, 1.165) is 79.2 Å². The van der Waals surface area contributed by atoms with Crippen LogP contribution in [0.15, 0.2) is 30.6 Å². The van der Waals surface area contributed by atoms with E-state index in [0.29, 0.717) is 18.5 Å². The quantitative estimate of drug-likeness (QED) is 0.339. The Kier molecular flexibility index (Phi) is 6.75. The van der Waals surface area contributed by atoms with Gasteiger partial charge in [-0.3, -0.25) is 0 Å². The predicted molar refractivity (Wildman–Crippen MR) is 146 cm³/mol. The first-order valence-corrected chi connectivity index (χ1v) is 13.6. The Hall–Kier alpha value is -3.50. The molecule has 3 N–H and O–H groups in total. The number of aliphatic hydroxyl groups is 1. The number of ether oxygens (including phenoxy) is 1. The monoisotopic (exact) mass is 516 g/mol. The van der Waals surface area contributed by atoms with Crippen molar-refractivity contribution in [2.24, 2.45) is 0 Å². The number of methoxy groups -OCH3 is 1. The number of nitrogens with one attached hydrogen (secondary N) is 2. The third-order valence-corrected chi connectivity index (χ3v) is 7.78. The Labute approximate surface area is 222 Å². The number of aromatic nitrogens is 6. The van der Waals surface area contributed by atoms with Crippen molar-refractivity contribution in [3.05, 3.63) is 53.5 Å². The van der Waals surface area contributed by atoms with Crippen LogP contribution in [0.25, 0.3) is 16.6 Å². The fraction of sp³-hybridized carbons (Fsp3) is 0.500. The summed E-state index contributed by atoms with van der Waals surface area (Å²) in [4.78, 5) is 19.7. The Bertz CT molecular complexity index is 1420. The Balaban J connectivity index is 1.36. The van der Waals surface area contributed by atoms with Crippen LogP contribution in [0.1, 0.15) is 61.4 Å². The zero-order valence-electron chi connectivity index (χ0n) is 22.3. The molecule has 0 amide bonds. The maximum Gasteiger partial charge on any atom is 0.241 e. The highest BCUT2D eigenvalue weighted by atomic mass is 16.5. The van der Waals surface area contributed by atoms with Crippen LogP contribution in [0.3, 0.4) is 0 Å². The van der Waals surface area contributed by atoms with E-state index < -0.39 is 0 Å². The molecule has 4 aromatic rings. The standard InChI is InChI=1S/C28H36N8O2/c1-17(16-38-3)31-28-30-14-26-22(13-25(36(26)34-28)19-4-6-21(37)7-5-19)20-8-10-29-27(12-20)35-11-9-23-24(15-35)33-18(2)32-23/h8,10,12-14,17,19,21,37H,4-7,9,11,15-16H2,1-3H3,(H,31,34)(H,32,33)/t17-,19-,21-/m0/s1. The second-order valence-electron chi connectivity index (χ2n) is 10.7. The molecule has 10 nitrogen and oxygen atoms in total. The Morgan fingerprint density at radius 3 is 2.87 bits per heavy atom. The van der Waals surface area contributed by atoms with Crippen molar-refractivity contribution in [1.82, 2.24) is 29.5 Å². The van der Waals surface area contributed by atoms with Gasteiger partial charge >= 0.3 is 0 Å². The second kappa shape index (κ2) is 10.3. The highest BCUT2D eigenvalue weighted by Crippen LogP contribution is 2.38. The molecule has 0 unspecified atom stereocenters. The van der Waals surface area contributed by atoms with Gasteiger partial charge < -0.3 is 25.0 Å². The van der Waals surface area contributed by atoms with Crippen molar-refractivity contribution in [2.45, 2.75) is 70.6 Å². The number of pyridine rings is 1. The SMILES string of the molecule is COC[C@H](C)Nc1ncc2c(-c3ccnc(N4CCc5nc(C)[nH]c5C4)c3)cc([C@H]3CC[C@H](O)CC3)n2n1. The van der Waals surface area contributed by atoms with E-state index in [9.17, 15) is 5.11 Å². The van der Waals surface area contributed by atoms with Crippen molar-refractivity contribution < 1.29 is 9.84 Å². The topological polar surface area (TPSA) is 116 Å². The summed E-state index contributed by atoms with van der Waals surface area (Å²) in [6.07, 6.45) is 8.03. The van der Waals surface area contributed by atoms with Gasteiger partial charge in [0.25, 0.3) is 0 Å². The number of aryl methyl sites for hydroxylation is 1. The lowest BCUT2D eigenvalue weighted by molar-refractivity contribution is 0.121. The maximum atomic E-state index is 10.1. The molecule has 4 aromatic heterocycles. The summed E-state index contributed by atoms with van der Waals surface area (Å²) >= 11 is 0. The molecule has 1 aliphatic heterocycles. The van der Waals surface area contributed by atoms with Crippen LogP contribution in [-0.4, -0.2) is 67.1 Å². The largest absolute Gasteiger partial charge is 0.393 e. The molecule has 0 saturated heterocycles. The summed E-state index contributed by atoms with van der Waals surface area (Å²) in [5.74, 6) is 2.83. The van der Waals surface area contributed by atoms with Gasteiger partial charge in [0.15, 0.2) is 0 Å². The summed E-state index contributed by atoms with van der Waals surface area (Å²) in [5, 5.41) is 18.4. The van der Waals surface area contributed by atoms with E-state index in [-0.39, 0.29) is 12.1 Å². The zero-order valence-corrected chi connectivity index (χ0v) is 22.3. The lowest BCUT2D eigenvalue weighted by Crippen LogP contribution is -2.31. The van der Waals surface area contributed by atoms with Crippen molar-refractivity contribution in [1.29, 1.82) is 0 Å². The Morgan fingerprint density at radius 2 is 2.05 bits per heavy atom. The van der Waals surface area contributed by atoms with E-state index in [1.165, 1.54) is 11.4 Å². The van der Waals surface area contributed by atoms with Gasteiger partial charge in [-0.15, -0.1) is 5.10 Å². The molecular formula is C28H36N8O2. The summed E-state index contributed by atoms with van der Waals surface area (Å²) < 4.78 is 7.32. The molecule has 0 radical (unpaired) electrons. The lowest BCUT2D eigenvalue weighted by Gasteiger charge is -2.27. The molecule has 6 rings (SSSR count). The summed E-state index contributed by atoms with van der Waals surface area (Å²) in [6, 6.07) is 6.59. The minimum Gasteiger partial charge on any atom is -0.393 e. The highest BCUT2D eigenvalue weighted by molar-refractivity contribution is 5.82. The predicted octanol–water partition coefficient (Wildman–Crippen LogP) is 3.85. The van der Waals surface area contributed by atoms with Gasteiger partial charge in [-0.25, -0.2) is 19.5 Å². The number of nitrogens with zero attached hydrogens (tertiary/aromatic N) is 6. The molecule has 0 bridgehead atoms. The van der Waals surface area contributed by atoms with Crippen molar-refractivity contribution in [3.63, 3.8) is 0 Å². The van der Waals surface area contributed by atoms with Gasteiger partial charge in [-0.1, -0.05) is 0 Å². The first-order valence-electron chi connectivity index (χ1n) is 13.6. The molecule has 0 aromatic carbocycles. The normalized spacial score (nSPS) is 20.5. The molecule has 1 saturated carbocycles. The number of hydrogen-bond acceptors (Lipinski definition) is 8. The first-order chi connectivity index (χ1) is 18.5. The third kappa shape index (κ3) is 4.86.